The monoisotopic (exact) mass is 190 g/mol. The van der Waals surface area contributed by atoms with Crippen LogP contribution in [0.5, 0.6) is 0 Å². The van der Waals surface area contributed by atoms with Gasteiger partial charge in [0, 0.05) is 17.4 Å². The van der Waals surface area contributed by atoms with Gasteiger partial charge in [-0.25, -0.2) is 0 Å². The molecule has 0 aliphatic carbocycles. The third-order valence-electron chi connectivity index (χ3n) is 1.84. The number of ether oxygens (including phenoxy) is 1. The lowest BCUT2D eigenvalue weighted by molar-refractivity contribution is -0.116. The highest BCUT2D eigenvalue weighted by Crippen LogP contribution is 2.35. The summed E-state index contributed by atoms with van der Waals surface area (Å²) in [5.74, 6) is 2.18. The van der Waals surface area contributed by atoms with Crippen LogP contribution in [0.1, 0.15) is 6.42 Å². The normalized spacial score (nSPS) is 38.4. The van der Waals surface area contributed by atoms with Crippen LogP contribution in [-0.2, 0) is 9.53 Å². The smallest absolute Gasteiger partial charge is 0.143 e. The van der Waals surface area contributed by atoms with Crippen molar-refractivity contribution in [3.63, 3.8) is 0 Å². The van der Waals surface area contributed by atoms with E-state index < -0.39 is 0 Å². The molecule has 2 fully saturated rings. The summed E-state index contributed by atoms with van der Waals surface area (Å²) in [5.41, 5.74) is 0.298. The van der Waals surface area contributed by atoms with E-state index in [0.29, 0.717) is 22.2 Å². The van der Waals surface area contributed by atoms with E-state index in [-0.39, 0.29) is 0 Å². The molecule has 2 nitrogen and oxygen atoms in total. The largest absolute Gasteiger partial charge is 0.366 e. The number of rotatable bonds is 1. The molecule has 2 rings (SSSR count). The zero-order valence-electron chi connectivity index (χ0n) is 6.12. The molecule has 0 amide bonds. The van der Waals surface area contributed by atoms with Crippen molar-refractivity contribution in [1.29, 1.82) is 0 Å². The highest BCUT2D eigenvalue weighted by Gasteiger charge is 2.33. The van der Waals surface area contributed by atoms with Crippen LogP contribution in [0, 0.1) is 0 Å². The van der Waals surface area contributed by atoms with Crippen molar-refractivity contribution < 1.29 is 9.53 Å². The van der Waals surface area contributed by atoms with Crippen LogP contribution in [0.3, 0.4) is 0 Å². The number of carbonyl (C=O) groups is 1. The number of thioether (sulfide) groups is 2. The van der Waals surface area contributed by atoms with Gasteiger partial charge < -0.3 is 4.74 Å². The van der Waals surface area contributed by atoms with E-state index in [1.54, 1.807) is 11.8 Å². The second kappa shape index (κ2) is 3.37. The van der Waals surface area contributed by atoms with Crippen molar-refractivity contribution in [3.05, 3.63) is 0 Å². The van der Waals surface area contributed by atoms with Gasteiger partial charge in [0.2, 0.25) is 0 Å². The van der Waals surface area contributed by atoms with Crippen molar-refractivity contribution in [2.45, 2.75) is 17.1 Å². The van der Waals surface area contributed by atoms with Crippen molar-refractivity contribution >= 4 is 29.3 Å². The van der Waals surface area contributed by atoms with E-state index in [9.17, 15) is 4.79 Å². The molecular formula is C7H10O2S2. The minimum atomic E-state index is 0.298. The molecule has 2 aliphatic heterocycles. The predicted octanol–water partition coefficient (Wildman–Crippen LogP) is 1.15. The molecule has 0 N–H and O–H groups in total. The Balaban J connectivity index is 1.90. The highest BCUT2D eigenvalue weighted by molar-refractivity contribution is 8.04. The van der Waals surface area contributed by atoms with Crippen LogP contribution in [0.25, 0.3) is 0 Å². The lowest BCUT2D eigenvalue weighted by Gasteiger charge is -2.13. The summed E-state index contributed by atoms with van der Waals surface area (Å²) in [5, 5.41) is 0.440. The fourth-order valence-corrected chi connectivity index (χ4v) is 3.77. The van der Waals surface area contributed by atoms with E-state index in [1.165, 1.54) is 0 Å². The molecule has 11 heavy (non-hydrogen) atoms. The lowest BCUT2D eigenvalue weighted by Crippen LogP contribution is -2.17. The third-order valence-corrected chi connectivity index (χ3v) is 4.54. The zero-order chi connectivity index (χ0) is 7.68. The number of ketones is 1. The standard InChI is InChI=1S/C7H10O2S2/c8-5-3-6(11-4-5)7-9-1-2-10-7/h6-7H,1-4H2. The molecule has 0 saturated carbocycles. The van der Waals surface area contributed by atoms with Crippen molar-refractivity contribution in [2.75, 3.05) is 18.1 Å². The van der Waals surface area contributed by atoms with E-state index >= 15 is 0 Å². The Labute approximate surface area is 74.4 Å². The van der Waals surface area contributed by atoms with Crippen LogP contribution < -0.4 is 0 Å². The molecule has 2 unspecified atom stereocenters. The van der Waals surface area contributed by atoms with Crippen LogP contribution in [-0.4, -0.2) is 34.6 Å². The molecule has 2 atom stereocenters. The molecule has 0 spiro atoms. The summed E-state index contributed by atoms with van der Waals surface area (Å²) in [7, 11) is 0. The average Bonchev–Trinajstić information content (AvgIpc) is 2.55. The molecule has 0 radical (unpaired) electrons. The molecular weight excluding hydrogens is 180 g/mol. The number of carbonyl (C=O) groups excluding carboxylic acids is 1. The maximum atomic E-state index is 10.9. The van der Waals surface area contributed by atoms with Gasteiger partial charge in [0.05, 0.1) is 12.4 Å². The van der Waals surface area contributed by atoms with Gasteiger partial charge in [-0.1, -0.05) is 0 Å². The minimum Gasteiger partial charge on any atom is -0.366 e. The van der Waals surface area contributed by atoms with Crippen molar-refractivity contribution in [2.24, 2.45) is 0 Å². The van der Waals surface area contributed by atoms with Gasteiger partial charge in [0.1, 0.15) is 11.2 Å². The molecule has 2 aliphatic rings. The maximum Gasteiger partial charge on any atom is 0.143 e. The molecule has 2 heterocycles. The summed E-state index contributed by atoms with van der Waals surface area (Å²) in [6, 6.07) is 0. The van der Waals surface area contributed by atoms with Crippen LogP contribution in [0.4, 0.5) is 0 Å². The van der Waals surface area contributed by atoms with Gasteiger partial charge >= 0.3 is 0 Å². The van der Waals surface area contributed by atoms with Gasteiger partial charge in [0.15, 0.2) is 0 Å². The van der Waals surface area contributed by atoms with Gasteiger partial charge in [0.25, 0.3) is 0 Å². The van der Waals surface area contributed by atoms with Crippen molar-refractivity contribution in [1.82, 2.24) is 0 Å². The molecule has 0 aromatic carbocycles. The maximum absolute atomic E-state index is 10.9. The molecule has 62 valence electrons. The Morgan fingerprint density at radius 3 is 2.91 bits per heavy atom. The summed E-state index contributed by atoms with van der Waals surface area (Å²) < 4.78 is 5.48. The number of Topliss-reactive ketones (excluding diaryl/α,β-unsaturated/α-hetero) is 1. The van der Waals surface area contributed by atoms with Gasteiger partial charge in [-0.15, -0.1) is 23.5 Å². The summed E-state index contributed by atoms with van der Waals surface area (Å²) >= 11 is 3.60. The Morgan fingerprint density at radius 2 is 2.36 bits per heavy atom. The van der Waals surface area contributed by atoms with Crippen LogP contribution in [0.15, 0.2) is 0 Å². The minimum absolute atomic E-state index is 0.298. The van der Waals surface area contributed by atoms with E-state index in [1.807, 2.05) is 11.8 Å². The third kappa shape index (κ3) is 1.73. The first kappa shape index (κ1) is 7.95. The first-order valence-corrected chi connectivity index (χ1v) is 5.82. The fourth-order valence-electron chi connectivity index (χ4n) is 1.31. The second-order valence-corrected chi connectivity index (χ2v) is 5.14. The first-order valence-electron chi connectivity index (χ1n) is 3.73. The summed E-state index contributed by atoms with van der Waals surface area (Å²) in [6.07, 6.45) is 0.725. The van der Waals surface area contributed by atoms with Gasteiger partial charge in [-0.2, -0.15) is 0 Å². The molecule has 0 aromatic heterocycles. The topological polar surface area (TPSA) is 26.3 Å². The Bertz CT molecular complexity index is 166. The fraction of sp³-hybridized carbons (Fsp3) is 0.857. The number of hydrogen-bond donors (Lipinski definition) is 0. The van der Waals surface area contributed by atoms with Gasteiger partial charge in [-0.05, 0) is 0 Å². The molecule has 0 aromatic rings. The second-order valence-electron chi connectivity index (χ2n) is 2.70. The quantitative estimate of drug-likeness (QED) is 0.619. The van der Waals surface area contributed by atoms with Gasteiger partial charge in [-0.3, -0.25) is 4.79 Å². The van der Waals surface area contributed by atoms with E-state index in [4.69, 9.17) is 4.74 Å². The first-order chi connectivity index (χ1) is 5.36. The lowest BCUT2D eigenvalue weighted by atomic mass is 10.2. The number of hydrogen-bond acceptors (Lipinski definition) is 4. The molecule has 0 bridgehead atoms. The van der Waals surface area contributed by atoms with Crippen LogP contribution in [0.2, 0.25) is 0 Å². The Hall–Kier alpha value is 0.330. The van der Waals surface area contributed by atoms with E-state index in [0.717, 1.165) is 18.8 Å². The summed E-state index contributed by atoms with van der Waals surface area (Å²) in [6.45, 7) is 0.862. The van der Waals surface area contributed by atoms with Crippen LogP contribution >= 0.6 is 23.5 Å². The van der Waals surface area contributed by atoms with E-state index in [2.05, 4.69) is 0 Å². The van der Waals surface area contributed by atoms with Crippen molar-refractivity contribution in [3.8, 4) is 0 Å². The predicted molar refractivity (Wildman–Crippen MR) is 48.1 cm³/mol. The zero-order valence-corrected chi connectivity index (χ0v) is 7.75. The highest BCUT2D eigenvalue weighted by atomic mass is 32.2. The Kier molecular flexibility index (Phi) is 2.44. The average molecular weight is 190 g/mol. The Morgan fingerprint density at radius 1 is 1.45 bits per heavy atom. The SMILES string of the molecule is O=C1CSC(C2OCCS2)C1. The summed E-state index contributed by atoms with van der Waals surface area (Å²) in [4.78, 5) is 10.9. The molecule has 4 heteroatoms. The molecule has 2 saturated heterocycles.